The van der Waals surface area contributed by atoms with Crippen LogP contribution >= 0.6 is 47.2 Å². The number of thioether (sulfide) groups is 1. The molecular formula is C22H12Cl2F3NO2S2. The molecule has 0 spiro atoms. The largest absolute Gasteiger partial charge is 0.457 e. The molecule has 0 unspecified atom stereocenters. The minimum Gasteiger partial charge on any atom is -0.457 e. The van der Waals surface area contributed by atoms with Crippen molar-refractivity contribution in [2.75, 3.05) is 0 Å². The fraction of sp³-hybridized carbons (Fsp3) is 0.0909. The van der Waals surface area contributed by atoms with Gasteiger partial charge in [0.15, 0.2) is 0 Å². The molecule has 1 saturated heterocycles. The van der Waals surface area contributed by atoms with E-state index in [0.29, 0.717) is 26.6 Å². The lowest BCUT2D eigenvalue weighted by Gasteiger charge is -2.14. The van der Waals surface area contributed by atoms with Crippen molar-refractivity contribution in [2.45, 2.75) is 12.7 Å². The fourth-order valence-corrected chi connectivity index (χ4v) is 4.58. The normalized spacial score (nSPS) is 15.8. The van der Waals surface area contributed by atoms with Crippen LogP contribution in [0.4, 0.5) is 13.2 Å². The van der Waals surface area contributed by atoms with Crippen molar-refractivity contribution < 1.29 is 22.4 Å². The summed E-state index contributed by atoms with van der Waals surface area (Å²) in [6.07, 6.45) is -3.00. The van der Waals surface area contributed by atoms with Crippen molar-refractivity contribution in [3.05, 3.63) is 86.4 Å². The zero-order chi connectivity index (χ0) is 23.0. The molecule has 1 aromatic heterocycles. The summed E-state index contributed by atoms with van der Waals surface area (Å²) < 4.78 is 45.2. The Hall–Kier alpha value is -2.26. The molecule has 0 atom stereocenters. The first-order valence-electron chi connectivity index (χ1n) is 9.08. The number of carbonyl (C=O) groups is 1. The molecule has 1 aliphatic rings. The van der Waals surface area contributed by atoms with Gasteiger partial charge in [0.05, 0.1) is 22.0 Å². The van der Waals surface area contributed by atoms with Crippen LogP contribution in [0.15, 0.2) is 63.9 Å². The highest BCUT2D eigenvalue weighted by Crippen LogP contribution is 2.38. The Labute approximate surface area is 200 Å². The Kier molecular flexibility index (Phi) is 6.40. The third kappa shape index (κ3) is 4.88. The molecule has 1 aliphatic heterocycles. The molecule has 0 radical (unpaired) electrons. The van der Waals surface area contributed by atoms with Gasteiger partial charge in [0.2, 0.25) is 0 Å². The first kappa shape index (κ1) is 22.9. The quantitative estimate of drug-likeness (QED) is 0.264. The highest BCUT2D eigenvalue weighted by Gasteiger charge is 2.33. The SMILES string of the molecule is O=C1/C(=C/c2ccc(-c3cc(C(F)(F)F)ccc3Cl)o2)SC(=S)N1Cc1ccc(Cl)cc1. The molecule has 164 valence electrons. The number of nitrogens with zero attached hydrogens (tertiary/aromatic N) is 1. The van der Waals surface area contributed by atoms with Crippen molar-refractivity contribution in [1.82, 2.24) is 4.90 Å². The number of hydrogen-bond donors (Lipinski definition) is 0. The lowest BCUT2D eigenvalue weighted by atomic mass is 10.1. The first-order valence-corrected chi connectivity index (χ1v) is 11.1. The average molecular weight is 514 g/mol. The smallest absolute Gasteiger partial charge is 0.416 e. The zero-order valence-corrected chi connectivity index (χ0v) is 19.1. The highest BCUT2D eigenvalue weighted by molar-refractivity contribution is 8.26. The minimum absolute atomic E-state index is 0.108. The molecule has 3 aromatic rings. The summed E-state index contributed by atoms with van der Waals surface area (Å²) in [5.41, 5.74) is 0.140. The molecule has 2 aromatic carbocycles. The fourth-order valence-electron chi connectivity index (χ4n) is 3.00. The second-order valence-electron chi connectivity index (χ2n) is 6.79. The van der Waals surface area contributed by atoms with Crippen LogP contribution in [-0.2, 0) is 17.5 Å². The van der Waals surface area contributed by atoms with E-state index in [2.05, 4.69) is 0 Å². The van der Waals surface area contributed by atoms with Gasteiger partial charge in [0.25, 0.3) is 5.91 Å². The Morgan fingerprint density at radius 2 is 1.78 bits per heavy atom. The van der Waals surface area contributed by atoms with Gasteiger partial charge in [-0.05, 0) is 48.0 Å². The lowest BCUT2D eigenvalue weighted by molar-refractivity contribution is -0.137. The maximum absolute atomic E-state index is 13.0. The van der Waals surface area contributed by atoms with Crippen LogP contribution in [-0.4, -0.2) is 15.1 Å². The molecule has 0 saturated carbocycles. The van der Waals surface area contributed by atoms with Gasteiger partial charge in [-0.1, -0.05) is 59.3 Å². The second kappa shape index (κ2) is 8.94. The van der Waals surface area contributed by atoms with Crippen molar-refractivity contribution in [3.63, 3.8) is 0 Å². The summed E-state index contributed by atoms with van der Waals surface area (Å²) in [7, 11) is 0. The van der Waals surface area contributed by atoms with Crippen molar-refractivity contribution in [2.24, 2.45) is 0 Å². The van der Waals surface area contributed by atoms with E-state index in [0.717, 1.165) is 29.5 Å². The van der Waals surface area contributed by atoms with Gasteiger partial charge in [0.1, 0.15) is 15.8 Å². The van der Waals surface area contributed by atoms with Crippen LogP contribution in [0.25, 0.3) is 17.4 Å². The summed E-state index contributed by atoms with van der Waals surface area (Å²) >= 11 is 18.4. The highest BCUT2D eigenvalue weighted by atomic mass is 35.5. The van der Waals surface area contributed by atoms with Crippen molar-refractivity contribution in [3.8, 4) is 11.3 Å². The van der Waals surface area contributed by atoms with E-state index >= 15 is 0 Å². The first-order chi connectivity index (χ1) is 15.1. The van der Waals surface area contributed by atoms with E-state index < -0.39 is 11.7 Å². The third-order valence-corrected chi connectivity index (χ3v) is 6.55. The van der Waals surface area contributed by atoms with Gasteiger partial charge in [-0.25, -0.2) is 0 Å². The van der Waals surface area contributed by atoms with Crippen LogP contribution in [0.5, 0.6) is 0 Å². The summed E-state index contributed by atoms with van der Waals surface area (Å²) in [6, 6.07) is 13.1. The van der Waals surface area contributed by atoms with Gasteiger partial charge in [0, 0.05) is 16.7 Å². The van der Waals surface area contributed by atoms with Gasteiger partial charge >= 0.3 is 6.18 Å². The second-order valence-corrected chi connectivity index (χ2v) is 9.31. The average Bonchev–Trinajstić information content (AvgIpc) is 3.29. The number of alkyl halides is 3. The molecule has 4 rings (SSSR count). The molecular weight excluding hydrogens is 502 g/mol. The molecule has 1 fully saturated rings. The maximum atomic E-state index is 13.0. The zero-order valence-electron chi connectivity index (χ0n) is 16.0. The molecule has 10 heteroatoms. The van der Waals surface area contributed by atoms with Crippen LogP contribution in [0.1, 0.15) is 16.9 Å². The number of furan rings is 1. The van der Waals surface area contributed by atoms with Crippen LogP contribution in [0.3, 0.4) is 0 Å². The molecule has 2 heterocycles. The van der Waals surface area contributed by atoms with E-state index in [-0.39, 0.29) is 22.3 Å². The van der Waals surface area contributed by atoms with Crippen molar-refractivity contribution >= 4 is 63.5 Å². The lowest BCUT2D eigenvalue weighted by Crippen LogP contribution is -2.27. The van der Waals surface area contributed by atoms with E-state index in [1.54, 1.807) is 18.2 Å². The van der Waals surface area contributed by atoms with Gasteiger partial charge in [-0.3, -0.25) is 9.69 Å². The monoisotopic (exact) mass is 513 g/mol. The number of carbonyl (C=O) groups excluding carboxylic acids is 1. The minimum atomic E-state index is -4.51. The summed E-state index contributed by atoms with van der Waals surface area (Å²) in [5, 5.41) is 0.710. The van der Waals surface area contributed by atoms with E-state index in [9.17, 15) is 18.0 Å². The van der Waals surface area contributed by atoms with Crippen LogP contribution in [0.2, 0.25) is 10.0 Å². The topological polar surface area (TPSA) is 33.5 Å². The molecule has 0 N–H and O–H groups in total. The maximum Gasteiger partial charge on any atom is 0.416 e. The Bertz CT molecular complexity index is 1240. The Balaban J connectivity index is 1.56. The number of benzene rings is 2. The molecule has 0 bridgehead atoms. The number of amides is 1. The summed E-state index contributed by atoms with van der Waals surface area (Å²) in [6.45, 7) is 0.294. The predicted octanol–water partition coefficient (Wildman–Crippen LogP) is 7.67. The van der Waals surface area contributed by atoms with Gasteiger partial charge < -0.3 is 4.42 Å². The number of halogens is 5. The molecule has 32 heavy (non-hydrogen) atoms. The van der Waals surface area contributed by atoms with Gasteiger partial charge in [-0.2, -0.15) is 13.2 Å². The summed E-state index contributed by atoms with van der Waals surface area (Å²) in [5.74, 6) is 0.162. The number of thiocarbonyl (C=S) groups is 1. The standard InChI is InChI=1S/C22H12Cl2F3NO2S2/c23-14-4-1-12(2-5-14)11-28-20(29)19(32-21(28)31)10-15-6-8-18(30-15)16-9-13(22(25,26)27)3-7-17(16)24/h1-10H,11H2/b19-10-. The third-order valence-electron chi connectivity index (χ3n) is 4.59. The van der Waals surface area contributed by atoms with E-state index in [4.69, 9.17) is 39.8 Å². The van der Waals surface area contributed by atoms with Gasteiger partial charge in [-0.15, -0.1) is 0 Å². The van der Waals surface area contributed by atoms with E-state index in [1.165, 1.54) is 23.1 Å². The number of rotatable bonds is 4. The van der Waals surface area contributed by atoms with Crippen LogP contribution < -0.4 is 0 Å². The van der Waals surface area contributed by atoms with E-state index in [1.807, 2.05) is 12.1 Å². The van der Waals surface area contributed by atoms with Crippen molar-refractivity contribution in [1.29, 1.82) is 0 Å². The van der Waals surface area contributed by atoms with Crippen LogP contribution in [0, 0.1) is 0 Å². The molecule has 3 nitrogen and oxygen atoms in total. The summed E-state index contributed by atoms with van der Waals surface area (Å²) in [4.78, 5) is 14.6. The molecule has 0 aliphatic carbocycles. The predicted molar refractivity (Wildman–Crippen MR) is 124 cm³/mol. The Morgan fingerprint density at radius 1 is 1.06 bits per heavy atom. The number of hydrogen-bond acceptors (Lipinski definition) is 4. The molecule has 1 amide bonds. The Morgan fingerprint density at radius 3 is 2.47 bits per heavy atom.